The molecule has 1 aliphatic rings. The molecule has 3 rings (SSSR count). The molecule has 3 nitrogen and oxygen atoms in total. The van der Waals surface area contributed by atoms with Crippen LogP contribution in [0.25, 0.3) is 0 Å². The first-order chi connectivity index (χ1) is 9.85. The highest BCUT2D eigenvalue weighted by Gasteiger charge is 2.48. The Bertz CT molecular complexity index is 546. The van der Waals surface area contributed by atoms with Crippen LogP contribution in [0.15, 0.2) is 30.3 Å². The normalized spacial score (nSPS) is 16.2. The number of aromatic nitrogens is 2. The lowest BCUT2D eigenvalue weighted by molar-refractivity contribution is 0.667. The number of nitrogens with one attached hydrogen (secondary N) is 1. The molecule has 0 aliphatic heterocycles. The van der Waals surface area contributed by atoms with Crippen molar-refractivity contribution in [3.63, 3.8) is 0 Å². The van der Waals surface area contributed by atoms with E-state index in [-0.39, 0.29) is 5.41 Å². The van der Waals surface area contributed by atoms with E-state index in [2.05, 4.69) is 52.8 Å². The van der Waals surface area contributed by atoms with Crippen molar-refractivity contribution in [2.75, 3.05) is 13.1 Å². The lowest BCUT2D eigenvalue weighted by Crippen LogP contribution is -2.17. The second-order valence-corrected chi connectivity index (χ2v) is 6.51. The van der Waals surface area contributed by atoms with Crippen LogP contribution in [0.3, 0.4) is 0 Å². The third-order valence-corrected chi connectivity index (χ3v) is 5.08. The average Bonchev–Trinajstić information content (AvgIpc) is 3.18. The first-order valence-corrected chi connectivity index (χ1v) is 8.26. The van der Waals surface area contributed by atoms with Gasteiger partial charge in [0.15, 0.2) is 0 Å². The van der Waals surface area contributed by atoms with Crippen molar-refractivity contribution in [1.82, 2.24) is 15.5 Å². The molecule has 0 amide bonds. The van der Waals surface area contributed by atoms with E-state index in [0.29, 0.717) is 0 Å². The molecule has 2 aromatic rings. The van der Waals surface area contributed by atoms with Crippen LogP contribution in [0.2, 0.25) is 0 Å². The molecule has 1 fully saturated rings. The third-order valence-electron chi connectivity index (χ3n) is 3.90. The third kappa shape index (κ3) is 2.76. The minimum Gasteiger partial charge on any atom is -0.316 e. The van der Waals surface area contributed by atoms with E-state index in [9.17, 15) is 0 Å². The topological polar surface area (TPSA) is 37.8 Å². The zero-order chi connectivity index (χ0) is 13.8. The average molecular weight is 287 g/mol. The van der Waals surface area contributed by atoms with E-state index in [1.807, 2.05) is 0 Å². The van der Waals surface area contributed by atoms with Gasteiger partial charge in [0.05, 0.1) is 0 Å². The smallest absolute Gasteiger partial charge is 0.128 e. The fourth-order valence-electron chi connectivity index (χ4n) is 2.55. The van der Waals surface area contributed by atoms with Crippen LogP contribution in [-0.2, 0) is 11.8 Å². The fourth-order valence-corrected chi connectivity index (χ4v) is 3.66. The summed E-state index contributed by atoms with van der Waals surface area (Å²) < 4.78 is 0. The first-order valence-electron chi connectivity index (χ1n) is 7.44. The van der Waals surface area contributed by atoms with E-state index < -0.39 is 0 Å². The molecule has 0 unspecified atom stereocenters. The van der Waals surface area contributed by atoms with Gasteiger partial charge in [0.25, 0.3) is 0 Å². The summed E-state index contributed by atoms with van der Waals surface area (Å²) in [7, 11) is 0. The van der Waals surface area contributed by atoms with Gasteiger partial charge < -0.3 is 5.32 Å². The number of hydrogen-bond acceptors (Lipinski definition) is 4. The molecule has 0 atom stereocenters. The minimum absolute atomic E-state index is 0.175. The van der Waals surface area contributed by atoms with Crippen LogP contribution < -0.4 is 5.32 Å². The molecule has 0 bridgehead atoms. The molecule has 1 heterocycles. The van der Waals surface area contributed by atoms with Crippen LogP contribution in [0.5, 0.6) is 0 Å². The van der Waals surface area contributed by atoms with Crippen LogP contribution in [0.4, 0.5) is 0 Å². The standard InChI is InChI=1S/C16H21N3S/c1-2-11-17-12-8-14-18-19-15(20-14)16(9-10-16)13-6-4-3-5-7-13/h3-7,17H,2,8-12H2,1H3. The second kappa shape index (κ2) is 6.02. The zero-order valence-electron chi connectivity index (χ0n) is 11.9. The van der Waals surface area contributed by atoms with Gasteiger partial charge in [0.1, 0.15) is 10.0 Å². The quantitative estimate of drug-likeness (QED) is 0.795. The zero-order valence-corrected chi connectivity index (χ0v) is 12.7. The summed E-state index contributed by atoms with van der Waals surface area (Å²) >= 11 is 1.79. The Morgan fingerprint density at radius 2 is 1.95 bits per heavy atom. The number of benzene rings is 1. The van der Waals surface area contributed by atoms with Crippen LogP contribution >= 0.6 is 11.3 Å². The summed E-state index contributed by atoms with van der Waals surface area (Å²) in [6.07, 6.45) is 4.58. The summed E-state index contributed by atoms with van der Waals surface area (Å²) in [6, 6.07) is 10.7. The minimum atomic E-state index is 0.175. The van der Waals surface area contributed by atoms with Crippen molar-refractivity contribution >= 4 is 11.3 Å². The molecule has 0 spiro atoms. The van der Waals surface area contributed by atoms with E-state index in [1.165, 1.54) is 29.8 Å². The Morgan fingerprint density at radius 1 is 1.15 bits per heavy atom. The van der Waals surface area contributed by atoms with Gasteiger partial charge in [-0.2, -0.15) is 0 Å². The van der Waals surface area contributed by atoms with E-state index in [1.54, 1.807) is 11.3 Å². The first kappa shape index (κ1) is 13.7. The molecule has 1 saturated carbocycles. The molecule has 106 valence electrons. The van der Waals surface area contributed by atoms with Gasteiger partial charge in [-0.3, -0.25) is 0 Å². The summed E-state index contributed by atoms with van der Waals surface area (Å²) in [5.41, 5.74) is 1.57. The molecule has 1 aliphatic carbocycles. The van der Waals surface area contributed by atoms with Gasteiger partial charge in [-0.1, -0.05) is 37.3 Å². The number of hydrogen-bond donors (Lipinski definition) is 1. The highest BCUT2D eigenvalue weighted by atomic mass is 32.1. The summed E-state index contributed by atoms with van der Waals surface area (Å²) in [5.74, 6) is 0. The number of rotatable bonds is 7. The van der Waals surface area contributed by atoms with Crippen molar-refractivity contribution in [3.05, 3.63) is 45.9 Å². The molecular formula is C16H21N3S. The van der Waals surface area contributed by atoms with E-state index >= 15 is 0 Å². The Morgan fingerprint density at radius 3 is 2.65 bits per heavy atom. The molecule has 1 aromatic heterocycles. The molecule has 1 aromatic carbocycles. The maximum absolute atomic E-state index is 4.47. The Balaban J connectivity index is 1.68. The van der Waals surface area contributed by atoms with Gasteiger partial charge >= 0.3 is 0 Å². The highest BCUT2D eigenvalue weighted by molar-refractivity contribution is 7.11. The molecule has 0 radical (unpaired) electrons. The summed E-state index contributed by atoms with van der Waals surface area (Å²) in [4.78, 5) is 0. The van der Waals surface area contributed by atoms with Crippen molar-refractivity contribution < 1.29 is 0 Å². The van der Waals surface area contributed by atoms with Gasteiger partial charge in [0.2, 0.25) is 0 Å². The molecule has 0 saturated heterocycles. The van der Waals surface area contributed by atoms with Gasteiger partial charge in [-0.05, 0) is 31.4 Å². The number of nitrogens with zero attached hydrogens (tertiary/aromatic N) is 2. The molecule has 4 heteroatoms. The predicted molar refractivity (Wildman–Crippen MR) is 83.2 cm³/mol. The molecular weight excluding hydrogens is 266 g/mol. The molecule has 1 N–H and O–H groups in total. The maximum atomic E-state index is 4.47. The lowest BCUT2D eigenvalue weighted by atomic mass is 9.97. The van der Waals surface area contributed by atoms with Crippen molar-refractivity contribution in [1.29, 1.82) is 0 Å². The van der Waals surface area contributed by atoms with Crippen LogP contribution in [-0.4, -0.2) is 23.3 Å². The Labute approximate surface area is 124 Å². The Hall–Kier alpha value is -1.26. The lowest BCUT2D eigenvalue weighted by Gasteiger charge is -2.11. The highest BCUT2D eigenvalue weighted by Crippen LogP contribution is 2.54. The van der Waals surface area contributed by atoms with Crippen LogP contribution in [0.1, 0.15) is 41.8 Å². The monoisotopic (exact) mass is 287 g/mol. The summed E-state index contributed by atoms with van der Waals surface area (Å²) in [6.45, 7) is 4.27. The predicted octanol–water partition coefficient (Wildman–Crippen LogP) is 3.16. The van der Waals surface area contributed by atoms with Gasteiger partial charge in [-0.15, -0.1) is 21.5 Å². The van der Waals surface area contributed by atoms with Crippen molar-refractivity contribution in [2.45, 2.75) is 38.0 Å². The van der Waals surface area contributed by atoms with Crippen molar-refractivity contribution in [3.8, 4) is 0 Å². The molecule has 20 heavy (non-hydrogen) atoms. The SMILES string of the molecule is CCCNCCc1nnc(C2(c3ccccc3)CC2)s1. The van der Waals surface area contributed by atoms with E-state index in [0.717, 1.165) is 24.5 Å². The Kier molecular flexibility index (Phi) is 4.13. The summed E-state index contributed by atoms with van der Waals surface area (Å²) in [5, 5.41) is 14.6. The maximum Gasteiger partial charge on any atom is 0.128 e. The van der Waals surface area contributed by atoms with Gasteiger partial charge in [-0.25, -0.2) is 0 Å². The van der Waals surface area contributed by atoms with Gasteiger partial charge in [0, 0.05) is 18.4 Å². The van der Waals surface area contributed by atoms with E-state index in [4.69, 9.17) is 0 Å². The largest absolute Gasteiger partial charge is 0.316 e. The fraction of sp³-hybridized carbons (Fsp3) is 0.500. The second-order valence-electron chi connectivity index (χ2n) is 5.45. The van der Waals surface area contributed by atoms with Crippen LogP contribution in [0, 0.1) is 0 Å². The van der Waals surface area contributed by atoms with Crippen molar-refractivity contribution in [2.24, 2.45) is 0 Å².